The highest BCUT2D eigenvalue weighted by Crippen LogP contribution is 2.31. The summed E-state index contributed by atoms with van der Waals surface area (Å²) in [5.74, 6) is 1.17. The summed E-state index contributed by atoms with van der Waals surface area (Å²) in [5.41, 5.74) is 9.19. The van der Waals surface area contributed by atoms with E-state index in [0.29, 0.717) is 29.3 Å². The minimum Gasteiger partial charge on any atom is -0.457 e. The van der Waals surface area contributed by atoms with Gasteiger partial charge in [-0.3, -0.25) is 10.2 Å². The highest BCUT2D eigenvalue weighted by Gasteiger charge is 2.20. The highest BCUT2D eigenvalue weighted by atomic mass is 16.5. The van der Waals surface area contributed by atoms with Crippen molar-refractivity contribution < 1.29 is 9.53 Å². The number of rotatable bonds is 7. The Morgan fingerprint density at radius 1 is 0.949 bits per heavy atom. The summed E-state index contributed by atoms with van der Waals surface area (Å²) < 4.78 is 8.12. The Kier molecular flexibility index (Phi) is 6.55. The minimum absolute atomic E-state index is 0.119. The van der Waals surface area contributed by atoms with E-state index in [1.165, 1.54) is 0 Å². The van der Waals surface area contributed by atoms with Crippen LogP contribution in [0, 0.1) is 5.41 Å². The summed E-state index contributed by atoms with van der Waals surface area (Å²) in [6, 6.07) is 27.3. The Hall–Kier alpha value is -4.91. The van der Waals surface area contributed by atoms with Crippen molar-refractivity contribution in [3.8, 4) is 11.5 Å². The molecular formula is C32H29N5O2. The number of allylic oxidation sites excluding steroid dienone is 2. The van der Waals surface area contributed by atoms with Crippen LogP contribution < -0.4 is 15.8 Å². The number of amidine groups is 1. The Balaban J connectivity index is 1.47. The second kappa shape index (κ2) is 10.5. The van der Waals surface area contributed by atoms with Gasteiger partial charge in [0, 0.05) is 11.1 Å². The molecule has 0 saturated carbocycles. The normalized spacial score (nSPS) is 13.3. The fourth-order valence-electron chi connectivity index (χ4n) is 5.13. The first-order chi connectivity index (χ1) is 19.0. The van der Waals surface area contributed by atoms with Gasteiger partial charge in [0.25, 0.3) is 5.91 Å². The number of hydrogen-bond acceptors (Lipinski definition) is 4. The molecule has 6 rings (SSSR count). The Labute approximate surface area is 226 Å². The Bertz CT molecular complexity index is 1740. The molecule has 0 aliphatic heterocycles. The average Bonchev–Trinajstić information content (AvgIpc) is 3.32. The maximum atomic E-state index is 13.6. The van der Waals surface area contributed by atoms with E-state index in [4.69, 9.17) is 15.9 Å². The Morgan fingerprint density at radius 2 is 1.77 bits per heavy atom. The molecule has 7 nitrogen and oxygen atoms in total. The summed E-state index contributed by atoms with van der Waals surface area (Å²) >= 11 is 0. The summed E-state index contributed by atoms with van der Waals surface area (Å²) in [5, 5.41) is 13.9. The van der Waals surface area contributed by atoms with Crippen LogP contribution in [0.15, 0.2) is 96.7 Å². The van der Waals surface area contributed by atoms with Crippen LogP contribution in [0.5, 0.6) is 11.5 Å². The molecule has 0 spiro atoms. The number of carbonyl (C=O) groups is 1. The number of hydrogen-bond donors (Lipinski definition) is 3. The van der Waals surface area contributed by atoms with Crippen molar-refractivity contribution in [1.29, 1.82) is 5.41 Å². The summed E-state index contributed by atoms with van der Waals surface area (Å²) in [6.45, 7) is 0.381. The SMILES string of the molecule is N=C(N)c1ccc2cc(C(=O)NC3=CCCCC3)n(Cc3cc(Oc4ccccc4)cc4ccccc34)c2n1. The molecule has 5 aromatic rings. The smallest absolute Gasteiger partial charge is 0.272 e. The number of nitrogen functional groups attached to an aromatic ring is 1. The number of fused-ring (bicyclic) bond motifs is 2. The molecule has 0 atom stereocenters. The number of nitrogens with one attached hydrogen (secondary N) is 2. The van der Waals surface area contributed by atoms with E-state index in [9.17, 15) is 4.79 Å². The second-order valence-corrected chi connectivity index (χ2v) is 9.79. The van der Waals surface area contributed by atoms with Gasteiger partial charge in [-0.1, -0.05) is 48.5 Å². The van der Waals surface area contributed by atoms with Crippen molar-refractivity contribution in [2.75, 3.05) is 0 Å². The van der Waals surface area contributed by atoms with Crippen LogP contribution in [0.1, 0.15) is 47.4 Å². The summed E-state index contributed by atoms with van der Waals surface area (Å²) in [7, 11) is 0. The standard InChI is InChI=1S/C32H29N5O2/c33-30(34)28-16-15-22-19-29(32(38)35-24-10-3-1-4-11-24)37(31(22)36-28)20-23-18-26(39-25-12-5-2-6-13-25)17-21-9-7-8-14-27(21)23/h2,5-10,12-19H,1,3-4,11,20H2,(H3,33,34)(H,35,38). The van der Waals surface area contributed by atoms with Gasteiger partial charge in [0.05, 0.1) is 6.54 Å². The molecule has 1 amide bonds. The summed E-state index contributed by atoms with van der Waals surface area (Å²) in [4.78, 5) is 18.3. The minimum atomic E-state index is -0.175. The van der Waals surface area contributed by atoms with Crippen LogP contribution in [0.25, 0.3) is 21.8 Å². The maximum Gasteiger partial charge on any atom is 0.272 e. The van der Waals surface area contributed by atoms with E-state index in [2.05, 4.69) is 28.5 Å². The third-order valence-corrected chi connectivity index (χ3v) is 7.05. The Morgan fingerprint density at radius 3 is 2.56 bits per heavy atom. The molecule has 0 bridgehead atoms. The number of pyridine rings is 1. The van der Waals surface area contributed by atoms with Crippen molar-refractivity contribution in [3.63, 3.8) is 0 Å². The van der Waals surface area contributed by atoms with E-state index in [1.54, 1.807) is 6.07 Å². The highest BCUT2D eigenvalue weighted by molar-refractivity contribution is 6.00. The molecule has 0 fully saturated rings. The maximum absolute atomic E-state index is 13.6. The number of para-hydroxylation sites is 1. The molecular weight excluding hydrogens is 486 g/mol. The molecule has 1 aliphatic rings. The lowest BCUT2D eigenvalue weighted by Crippen LogP contribution is -2.26. The van der Waals surface area contributed by atoms with Gasteiger partial charge < -0.3 is 20.4 Å². The van der Waals surface area contributed by atoms with Crippen LogP contribution in [0.4, 0.5) is 0 Å². The van der Waals surface area contributed by atoms with E-state index in [-0.39, 0.29) is 11.7 Å². The van der Waals surface area contributed by atoms with Crippen LogP contribution >= 0.6 is 0 Å². The van der Waals surface area contributed by atoms with Gasteiger partial charge in [0.2, 0.25) is 0 Å². The fraction of sp³-hybridized carbons (Fsp3) is 0.156. The van der Waals surface area contributed by atoms with E-state index in [1.807, 2.05) is 71.3 Å². The third kappa shape index (κ3) is 5.11. The molecule has 7 heteroatoms. The van der Waals surface area contributed by atoms with Crippen molar-refractivity contribution >= 4 is 33.5 Å². The first kappa shape index (κ1) is 24.4. The largest absolute Gasteiger partial charge is 0.457 e. The van der Waals surface area contributed by atoms with Gasteiger partial charge in [-0.2, -0.15) is 0 Å². The lowest BCUT2D eigenvalue weighted by Gasteiger charge is -2.17. The lowest BCUT2D eigenvalue weighted by molar-refractivity contribution is 0.0955. The zero-order chi connectivity index (χ0) is 26.8. The molecule has 2 aromatic heterocycles. The van der Waals surface area contributed by atoms with E-state index < -0.39 is 0 Å². The molecule has 0 unspecified atom stereocenters. The molecule has 4 N–H and O–H groups in total. The predicted molar refractivity (Wildman–Crippen MR) is 154 cm³/mol. The van der Waals surface area contributed by atoms with E-state index >= 15 is 0 Å². The first-order valence-electron chi connectivity index (χ1n) is 13.1. The van der Waals surface area contributed by atoms with Gasteiger partial charge >= 0.3 is 0 Å². The number of ether oxygens (including phenoxy) is 1. The third-order valence-electron chi connectivity index (χ3n) is 7.05. The molecule has 3 aromatic carbocycles. The van der Waals surface area contributed by atoms with Crippen LogP contribution in [-0.4, -0.2) is 21.3 Å². The van der Waals surface area contributed by atoms with Crippen molar-refractivity contribution in [2.24, 2.45) is 5.73 Å². The van der Waals surface area contributed by atoms with Crippen molar-refractivity contribution in [3.05, 3.63) is 114 Å². The van der Waals surface area contributed by atoms with Crippen LogP contribution in [-0.2, 0) is 6.54 Å². The van der Waals surface area contributed by atoms with Gasteiger partial charge in [0.15, 0.2) is 0 Å². The van der Waals surface area contributed by atoms with Crippen molar-refractivity contribution in [1.82, 2.24) is 14.9 Å². The number of aromatic nitrogens is 2. The topological polar surface area (TPSA) is 106 Å². The number of benzene rings is 3. The molecule has 194 valence electrons. The van der Waals surface area contributed by atoms with Crippen LogP contribution in [0.3, 0.4) is 0 Å². The van der Waals surface area contributed by atoms with Gasteiger partial charge in [-0.25, -0.2) is 4.98 Å². The van der Waals surface area contributed by atoms with E-state index in [0.717, 1.165) is 58.9 Å². The van der Waals surface area contributed by atoms with Crippen LogP contribution in [0.2, 0.25) is 0 Å². The molecule has 39 heavy (non-hydrogen) atoms. The quantitative estimate of drug-likeness (QED) is 0.170. The van der Waals surface area contributed by atoms with Gasteiger partial charge in [0.1, 0.15) is 34.4 Å². The second-order valence-electron chi connectivity index (χ2n) is 9.79. The number of nitrogens with two attached hydrogens (primary N) is 1. The zero-order valence-corrected chi connectivity index (χ0v) is 21.5. The number of carbonyl (C=O) groups excluding carboxylic acids is 1. The fourth-order valence-corrected chi connectivity index (χ4v) is 5.13. The lowest BCUT2D eigenvalue weighted by atomic mass is 10.0. The van der Waals surface area contributed by atoms with Gasteiger partial charge in [-0.05, 0) is 84.5 Å². The molecule has 0 radical (unpaired) electrons. The number of amides is 1. The summed E-state index contributed by atoms with van der Waals surface area (Å²) in [6.07, 6.45) is 6.16. The zero-order valence-electron chi connectivity index (χ0n) is 21.5. The van der Waals surface area contributed by atoms with Crippen molar-refractivity contribution in [2.45, 2.75) is 32.2 Å². The molecule has 1 aliphatic carbocycles. The predicted octanol–water partition coefficient (Wildman–Crippen LogP) is 6.50. The molecule has 2 heterocycles. The first-order valence-corrected chi connectivity index (χ1v) is 13.1. The van der Waals surface area contributed by atoms with Gasteiger partial charge in [-0.15, -0.1) is 0 Å². The molecule has 0 saturated heterocycles. The monoisotopic (exact) mass is 515 g/mol. The number of nitrogens with zero attached hydrogens (tertiary/aromatic N) is 2. The average molecular weight is 516 g/mol.